The summed E-state index contributed by atoms with van der Waals surface area (Å²) in [6.45, 7) is 5.67. The number of nitro groups is 1. The molecule has 1 unspecified atom stereocenters. The van der Waals surface area contributed by atoms with Crippen molar-refractivity contribution < 1.29 is 14.5 Å². The van der Waals surface area contributed by atoms with Crippen molar-refractivity contribution in [2.75, 3.05) is 12.4 Å². The molecule has 116 valence electrons. The summed E-state index contributed by atoms with van der Waals surface area (Å²) >= 11 is 3.30. The molecular weight excluding hydrogens is 340 g/mol. The average molecular weight is 359 g/mol. The molecule has 0 aliphatic heterocycles. The van der Waals surface area contributed by atoms with Gasteiger partial charge in [-0.1, -0.05) is 13.8 Å². The highest BCUT2D eigenvalue weighted by atomic mass is 79.9. The number of esters is 1. The Morgan fingerprint density at radius 2 is 2.10 bits per heavy atom. The van der Waals surface area contributed by atoms with Gasteiger partial charge in [0, 0.05) is 21.8 Å². The van der Waals surface area contributed by atoms with Crippen molar-refractivity contribution in [3.8, 4) is 0 Å². The van der Waals surface area contributed by atoms with Crippen LogP contribution < -0.4 is 5.32 Å². The molecule has 0 bridgehead atoms. The van der Waals surface area contributed by atoms with E-state index < -0.39 is 11.0 Å². The van der Waals surface area contributed by atoms with Gasteiger partial charge in [0.05, 0.1) is 12.0 Å². The molecule has 0 aromatic heterocycles. The van der Waals surface area contributed by atoms with Crippen LogP contribution in [0.4, 0.5) is 11.4 Å². The largest absolute Gasteiger partial charge is 0.467 e. The summed E-state index contributed by atoms with van der Waals surface area (Å²) in [5.41, 5.74) is 1.19. The van der Waals surface area contributed by atoms with E-state index in [2.05, 4.69) is 21.2 Å². The van der Waals surface area contributed by atoms with Gasteiger partial charge in [-0.15, -0.1) is 0 Å². The molecule has 0 saturated heterocycles. The SMILES string of the molecule is COC(=O)C(CC(C)C)Nc1cc(C)c([N+](=O)[O-])cc1Br. The van der Waals surface area contributed by atoms with Crippen LogP contribution in [0.3, 0.4) is 0 Å². The van der Waals surface area contributed by atoms with Crippen LogP contribution in [0.15, 0.2) is 16.6 Å². The summed E-state index contributed by atoms with van der Waals surface area (Å²) in [5.74, 6) is -0.0499. The zero-order valence-corrected chi connectivity index (χ0v) is 14.1. The fourth-order valence-corrected chi connectivity index (χ4v) is 2.44. The minimum absolute atomic E-state index is 0.0332. The lowest BCUT2D eigenvalue weighted by molar-refractivity contribution is -0.385. The van der Waals surface area contributed by atoms with Gasteiger partial charge in [0.15, 0.2) is 0 Å². The third-order valence-corrected chi connectivity index (χ3v) is 3.66. The highest BCUT2D eigenvalue weighted by Gasteiger charge is 2.22. The Morgan fingerprint density at radius 1 is 1.48 bits per heavy atom. The van der Waals surface area contributed by atoms with Crippen molar-refractivity contribution >= 4 is 33.3 Å². The maximum absolute atomic E-state index is 11.8. The van der Waals surface area contributed by atoms with E-state index in [0.29, 0.717) is 28.1 Å². The van der Waals surface area contributed by atoms with E-state index >= 15 is 0 Å². The second-order valence-electron chi connectivity index (χ2n) is 5.23. The van der Waals surface area contributed by atoms with Gasteiger partial charge in [-0.2, -0.15) is 0 Å². The Labute approximate surface area is 132 Å². The molecule has 0 amide bonds. The van der Waals surface area contributed by atoms with Crippen LogP contribution in [0, 0.1) is 23.0 Å². The average Bonchev–Trinajstić information content (AvgIpc) is 2.39. The molecule has 1 atom stereocenters. The number of aryl methyl sites for hydroxylation is 1. The monoisotopic (exact) mass is 358 g/mol. The van der Waals surface area contributed by atoms with Gasteiger partial charge in [-0.3, -0.25) is 10.1 Å². The number of nitrogens with zero attached hydrogens (tertiary/aromatic N) is 1. The molecule has 0 aliphatic carbocycles. The normalized spacial score (nSPS) is 12.1. The lowest BCUT2D eigenvalue weighted by Crippen LogP contribution is -2.32. The topological polar surface area (TPSA) is 81.5 Å². The Hall–Kier alpha value is -1.63. The number of carbonyl (C=O) groups excluding carboxylic acids is 1. The molecule has 1 N–H and O–H groups in total. The van der Waals surface area contributed by atoms with E-state index in [1.54, 1.807) is 13.0 Å². The molecule has 0 saturated carbocycles. The first-order valence-electron chi connectivity index (χ1n) is 6.55. The Kier molecular flexibility index (Phi) is 6.14. The van der Waals surface area contributed by atoms with Gasteiger partial charge < -0.3 is 10.1 Å². The third-order valence-electron chi connectivity index (χ3n) is 3.00. The third kappa shape index (κ3) is 4.70. The highest BCUT2D eigenvalue weighted by Crippen LogP contribution is 2.31. The van der Waals surface area contributed by atoms with Crippen molar-refractivity contribution in [2.45, 2.75) is 33.2 Å². The number of rotatable bonds is 6. The molecule has 0 fully saturated rings. The summed E-state index contributed by atoms with van der Waals surface area (Å²) in [6.07, 6.45) is 0.606. The number of hydrogen-bond donors (Lipinski definition) is 1. The summed E-state index contributed by atoms with van der Waals surface area (Å²) in [5, 5.41) is 14.0. The predicted molar refractivity (Wildman–Crippen MR) is 84.4 cm³/mol. The van der Waals surface area contributed by atoms with Crippen molar-refractivity contribution in [1.29, 1.82) is 0 Å². The van der Waals surface area contributed by atoms with E-state index in [0.717, 1.165) is 0 Å². The number of carbonyl (C=O) groups is 1. The quantitative estimate of drug-likeness (QED) is 0.476. The van der Waals surface area contributed by atoms with Gasteiger partial charge in [-0.25, -0.2) is 4.79 Å². The molecule has 1 aromatic rings. The first-order chi connectivity index (χ1) is 9.76. The summed E-state index contributed by atoms with van der Waals surface area (Å²) in [7, 11) is 1.34. The standard InChI is InChI=1S/C14H19BrN2O4/c1-8(2)5-12(14(18)21-4)16-11-6-9(3)13(17(19)20)7-10(11)15/h6-8,12,16H,5H2,1-4H3. The van der Waals surface area contributed by atoms with Crippen LogP contribution in [0.25, 0.3) is 0 Å². The second-order valence-corrected chi connectivity index (χ2v) is 6.08. The fraction of sp³-hybridized carbons (Fsp3) is 0.500. The van der Waals surface area contributed by atoms with E-state index in [1.165, 1.54) is 13.2 Å². The van der Waals surface area contributed by atoms with Gasteiger partial charge in [-0.05, 0) is 41.3 Å². The van der Waals surface area contributed by atoms with E-state index in [9.17, 15) is 14.9 Å². The first-order valence-corrected chi connectivity index (χ1v) is 7.34. The van der Waals surface area contributed by atoms with Crippen LogP contribution >= 0.6 is 15.9 Å². The Morgan fingerprint density at radius 3 is 2.57 bits per heavy atom. The predicted octanol–water partition coefficient (Wildman–Crippen LogP) is 3.67. The maximum Gasteiger partial charge on any atom is 0.328 e. The maximum atomic E-state index is 11.8. The Balaban J connectivity index is 3.06. The number of nitro benzene ring substituents is 1. The molecule has 0 aliphatic rings. The molecule has 21 heavy (non-hydrogen) atoms. The van der Waals surface area contributed by atoms with Crippen molar-refractivity contribution in [3.05, 3.63) is 32.3 Å². The van der Waals surface area contributed by atoms with Crippen LogP contribution in [0.2, 0.25) is 0 Å². The van der Waals surface area contributed by atoms with Gasteiger partial charge in [0.25, 0.3) is 5.69 Å². The number of methoxy groups -OCH3 is 1. The van der Waals surface area contributed by atoms with E-state index in [4.69, 9.17) is 4.74 Å². The lowest BCUT2D eigenvalue weighted by Gasteiger charge is -2.20. The minimum atomic E-state index is -0.493. The van der Waals surface area contributed by atoms with Crippen LogP contribution in [0.5, 0.6) is 0 Å². The first kappa shape index (κ1) is 17.4. The summed E-state index contributed by atoms with van der Waals surface area (Å²) in [6, 6.07) is 2.59. The second kappa shape index (κ2) is 7.40. The molecule has 6 nitrogen and oxygen atoms in total. The molecule has 0 radical (unpaired) electrons. The van der Waals surface area contributed by atoms with Gasteiger partial charge in [0.2, 0.25) is 0 Å². The van der Waals surface area contributed by atoms with Crippen molar-refractivity contribution in [3.63, 3.8) is 0 Å². The lowest BCUT2D eigenvalue weighted by atomic mass is 10.0. The molecule has 0 spiro atoms. The molecule has 0 heterocycles. The smallest absolute Gasteiger partial charge is 0.328 e. The summed E-state index contributed by atoms with van der Waals surface area (Å²) in [4.78, 5) is 22.3. The molecule has 7 heteroatoms. The minimum Gasteiger partial charge on any atom is -0.467 e. The Bertz CT molecular complexity index is 546. The molecule has 1 aromatic carbocycles. The van der Waals surface area contributed by atoms with Crippen LogP contribution in [0.1, 0.15) is 25.8 Å². The van der Waals surface area contributed by atoms with Gasteiger partial charge in [0.1, 0.15) is 6.04 Å². The number of halogens is 1. The van der Waals surface area contributed by atoms with E-state index in [1.807, 2.05) is 13.8 Å². The number of anilines is 1. The van der Waals surface area contributed by atoms with E-state index in [-0.39, 0.29) is 11.7 Å². The number of benzene rings is 1. The highest BCUT2D eigenvalue weighted by molar-refractivity contribution is 9.10. The van der Waals surface area contributed by atoms with Crippen LogP contribution in [-0.2, 0) is 9.53 Å². The van der Waals surface area contributed by atoms with Gasteiger partial charge >= 0.3 is 5.97 Å². The number of hydrogen-bond acceptors (Lipinski definition) is 5. The van der Waals surface area contributed by atoms with Crippen molar-refractivity contribution in [1.82, 2.24) is 0 Å². The summed E-state index contributed by atoms with van der Waals surface area (Å²) < 4.78 is 5.33. The number of nitrogens with one attached hydrogen (secondary N) is 1. The zero-order chi connectivity index (χ0) is 16.2. The van der Waals surface area contributed by atoms with Crippen molar-refractivity contribution in [2.24, 2.45) is 5.92 Å². The fourth-order valence-electron chi connectivity index (χ4n) is 1.99. The zero-order valence-electron chi connectivity index (χ0n) is 12.5. The van der Waals surface area contributed by atoms with Crippen LogP contribution in [-0.4, -0.2) is 24.0 Å². The molecule has 1 rings (SSSR count). The molecular formula is C14H19BrN2O4. The number of ether oxygens (including phenoxy) is 1.